The van der Waals surface area contributed by atoms with Gasteiger partial charge in [-0.3, -0.25) is 0 Å². The lowest BCUT2D eigenvalue weighted by atomic mass is 10.0. The Hall–Kier alpha value is -0.770. The van der Waals surface area contributed by atoms with Crippen LogP contribution in [-0.4, -0.2) is 44.7 Å². The molecule has 1 saturated heterocycles. The zero-order valence-corrected chi connectivity index (χ0v) is 13.6. The summed E-state index contributed by atoms with van der Waals surface area (Å²) < 4.78 is 0. The number of rotatable bonds is 5. The van der Waals surface area contributed by atoms with Crippen LogP contribution in [0.3, 0.4) is 0 Å². The molecule has 1 aliphatic rings. The minimum absolute atomic E-state index is 0.550. The molecule has 0 amide bonds. The maximum atomic E-state index is 6.48. The number of benzene rings is 1. The van der Waals surface area contributed by atoms with Gasteiger partial charge in [0.15, 0.2) is 0 Å². The molecule has 1 unspecified atom stereocenters. The molecule has 4 heteroatoms. The summed E-state index contributed by atoms with van der Waals surface area (Å²) in [5, 5.41) is 4.26. The third kappa shape index (κ3) is 3.66. The van der Waals surface area contributed by atoms with Gasteiger partial charge in [0.25, 0.3) is 0 Å². The van der Waals surface area contributed by atoms with Crippen molar-refractivity contribution in [1.29, 1.82) is 0 Å². The van der Waals surface area contributed by atoms with E-state index >= 15 is 0 Å². The predicted molar refractivity (Wildman–Crippen MR) is 87.8 cm³/mol. The van der Waals surface area contributed by atoms with Crippen LogP contribution in [0.2, 0.25) is 5.02 Å². The molecule has 1 atom stereocenters. The number of piperidine rings is 1. The van der Waals surface area contributed by atoms with Crippen molar-refractivity contribution in [3.8, 4) is 0 Å². The maximum absolute atomic E-state index is 6.48. The lowest BCUT2D eigenvalue weighted by Gasteiger charge is -2.38. The molecule has 1 fully saturated rings. The van der Waals surface area contributed by atoms with Crippen molar-refractivity contribution in [2.75, 3.05) is 38.6 Å². The van der Waals surface area contributed by atoms with Crippen LogP contribution in [0.5, 0.6) is 0 Å². The number of para-hydroxylation sites is 1. The van der Waals surface area contributed by atoms with Gasteiger partial charge in [0.1, 0.15) is 0 Å². The van der Waals surface area contributed by atoms with Crippen LogP contribution < -0.4 is 10.2 Å². The van der Waals surface area contributed by atoms with Crippen LogP contribution in [-0.2, 0) is 6.54 Å². The summed E-state index contributed by atoms with van der Waals surface area (Å²) in [6.07, 6.45) is 2.51. The quantitative estimate of drug-likeness (QED) is 0.901. The fourth-order valence-electron chi connectivity index (χ4n) is 3.00. The van der Waals surface area contributed by atoms with E-state index in [1.807, 2.05) is 12.1 Å². The third-order valence-electron chi connectivity index (χ3n) is 4.14. The van der Waals surface area contributed by atoms with Gasteiger partial charge < -0.3 is 15.1 Å². The number of likely N-dealkylation sites (tertiary alicyclic amines) is 1. The van der Waals surface area contributed by atoms with E-state index in [0.717, 1.165) is 24.7 Å². The van der Waals surface area contributed by atoms with Gasteiger partial charge in [-0.25, -0.2) is 0 Å². The zero-order chi connectivity index (χ0) is 14.5. The predicted octanol–water partition coefficient (Wildman–Crippen LogP) is 2.98. The van der Waals surface area contributed by atoms with Gasteiger partial charge >= 0.3 is 0 Å². The molecule has 20 heavy (non-hydrogen) atoms. The first-order valence-corrected chi connectivity index (χ1v) is 7.90. The summed E-state index contributed by atoms with van der Waals surface area (Å²) in [6, 6.07) is 6.76. The van der Waals surface area contributed by atoms with Crippen molar-refractivity contribution in [2.24, 2.45) is 0 Å². The lowest BCUT2D eigenvalue weighted by Crippen LogP contribution is -2.45. The number of hydrogen-bond acceptors (Lipinski definition) is 3. The van der Waals surface area contributed by atoms with Crippen LogP contribution >= 0.6 is 11.6 Å². The van der Waals surface area contributed by atoms with E-state index < -0.39 is 0 Å². The van der Waals surface area contributed by atoms with Crippen molar-refractivity contribution < 1.29 is 0 Å². The number of likely N-dealkylation sites (N-methyl/N-ethyl adjacent to an activating group) is 2. The number of nitrogens with one attached hydrogen (secondary N) is 1. The highest BCUT2D eigenvalue weighted by molar-refractivity contribution is 6.33. The topological polar surface area (TPSA) is 18.5 Å². The number of anilines is 1. The first-order valence-electron chi connectivity index (χ1n) is 7.53. The Morgan fingerprint density at radius 2 is 2.25 bits per heavy atom. The van der Waals surface area contributed by atoms with Crippen LogP contribution in [0.25, 0.3) is 0 Å². The Kier molecular flexibility index (Phi) is 5.70. The molecule has 0 saturated carbocycles. The molecule has 112 valence electrons. The van der Waals surface area contributed by atoms with E-state index in [1.165, 1.54) is 30.6 Å². The van der Waals surface area contributed by atoms with Crippen LogP contribution in [0, 0.1) is 0 Å². The third-order valence-corrected chi connectivity index (χ3v) is 4.44. The number of nitrogens with zero attached hydrogens (tertiary/aromatic N) is 2. The Morgan fingerprint density at radius 3 is 2.95 bits per heavy atom. The van der Waals surface area contributed by atoms with Gasteiger partial charge in [-0.15, -0.1) is 0 Å². The average molecular weight is 296 g/mol. The highest BCUT2D eigenvalue weighted by Crippen LogP contribution is 2.32. The molecular formula is C16H26ClN3. The minimum Gasteiger partial charge on any atom is -0.369 e. The molecule has 0 aliphatic carbocycles. The molecule has 1 aromatic rings. The normalized spacial score (nSPS) is 20.1. The smallest absolute Gasteiger partial charge is 0.0642 e. The highest BCUT2D eigenvalue weighted by atomic mass is 35.5. The summed E-state index contributed by atoms with van der Waals surface area (Å²) in [7, 11) is 4.38. The van der Waals surface area contributed by atoms with Gasteiger partial charge in [-0.1, -0.05) is 30.7 Å². The molecular weight excluding hydrogens is 270 g/mol. The summed E-state index contributed by atoms with van der Waals surface area (Å²) in [5.74, 6) is 0. The van der Waals surface area contributed by atoms with Crippen molar-refractivity contribution in [3.63, 3.8) is 0 Å². The molecule has 3 nitrogen and oxygen atoms in total. The van der Waals surface area contributed by atoms with Crippen molar-refractivity contribution >= 4 is 17.3 Å². The fraction of sp³-hybridized carbons (Fsp3) is 0.625. The molecule has 1 aliphatic heterocycles. The molecule has 1 aromatic carbocycles. The minimum atomic E-state index is 0.550. The van der Waals surface area contributed by atoms with E-state index in [0.29, 0.717) is 6.04 Å². The zero-order valence-electron chi connectivity index (χ0n) is 12.8. The van der Waals surface area contributed by atoms with Crippen molar-refractivity contribution in [1.82, 2.24) is 10.2 Å². The molecule has 0 aromatic heterocycles. The summed E-state index contributed by atoms with van der Waals surface area (Å²) >= 11 is 6.48. The van der Waals surface area contributed by atoms with Crippen molar-refractivity contribution in [2.45, 2.75) is 32.4 Å². The largest absolute Gasteiger partial charge is 0.369 e. The van der Waals surface area contributed by atoms with Crippen LogP contribution in [0.1, 0.15) is 25.3 Å². The second kappa shape index (κ2) is 7.30. The fourth-order valence-corrected chi connectivity index (χ4v) is 3.32. The Balaban J connectivity index is 2.21. The monoisotopic (exact) mass is 295 g/mol. The van der Waals surface area contributed by atoms with Gasteiger partial charge in [0, 0.05) is 26.2 Å². The van der Waals surface area contributed by atoms with E-state index in [1.54, 1.807) is 0 Å². The summed E-state index contributed by atoms with van der Waals surface area (Å²) in [5.41, 5.74) is 2.48. The Labute approximate surface area is 127 Å². The highest BCUT2D eigenvalue weighted by Gasteiger charge is 2.24. The molecule has 0 bridgehead atoms. The molecule has 1 heterocycles. The van der Waals surface area contributed by atoms with Gasteiger partial charge in [-0.05, 0) is 44.6 Å². The van der Waals surface area contributed by atoms with Gasteiger partial charge in [0.05, 0.1) is 10.7 Å². The second-order valence-electron chi connectivity index (χ2n) is 5.70. The van der Waals surface area contributed by atoms with E-state index in [9.17, 15) is 0 Å². The summed E-state index contributed by atoms with van der Waals surface area (Å²) in [6.45, 7) is 6.30. The van der Waals surface area contributed by atoms with Crippen molar-refractivity contribution in [3.05, 3.63) is 28.8 Å². The first-order chi connectivity index (χ1) is 9.63. The van der Waals surface area contributed by atoms with E-state index in [-0.39, 0.29) is 0 Å². The maximum Gasteiger partial charge on any atom is 0.0642 e. The SMILES string of the molecule is CCNCc1cccc(Cl)c1N(C)C1CCCN(C)C1. The number of hydrogen-bond donors (Lipinski definition) is 1. The standard InChI is InChI=1S/C16H26ClN3/c1-4-18-11-13-7-5-9-15(17)16(13)20(3)14-8-6-10-19(2)12-14/h5,7,9,14,18H,4,6,8,10-12H2,1-3H3. The van der Waals surface area contributed by atoms with E-state index in [4.69, 9.17) is 11.6 Å². The lowest BCUT2D eigenvalue weighted by molar-refractivity contribution is 0.248. The Morgan fingerprint density at radius 1 is 1.45 bits per heavy atom. The van der Waals surface area contributed by atoms with Gasteiger partial charge in [-0.2, -0.15) is 0 Å². The molecule has 1 N–H and O–H groups in total. The molecule has 0 radical (unpaired) electrons. The molecule has 0 spiro atoms. The Bertz CT molecular complexity index is 436. The van der Waals surface area contributed by atoms with Crippen LogP contribution in [0.15, 0.2) is 18.2 Å². The average Bonchev–Trinajstić information content (AvgIpc) is 2.44. The molecule has 2 rings (SSSR count). The summed E-state index contributed by atoms with van der Waals surface area (Å²) in [4.78, 5) is 4.79. The first kappa shape index (κ1) is 15.6. The van der Waals surface area contributed by atoms with E-state index in [2.05, 4.69) is 42.2 Å². The van der Waals surface area contributed by atoms with Crippen LogP contribution in [0.4, 0.5) is 5.69 Å². The second-order valence-corrected chi connectivity index (χ2v) is 6.10. The van der Waals surface area contributed by atoms with Gasteiger partial charge in [0.2, 0.25) is 0 Å². The number of halogens is 1.